The van der Waals surface area contributed by atoms with Gasteiger partial charge >= 0.3 is 0 Å². The Balaban J connectivity index is 2.37. The fourth-order valence-electron chi connectivity index (χ4n) is 1.31. The fourth-order valence-corrected chi connectivity index (χ4v) is 1.31. The number of rotatable bonds is 2. The first-order valence-electron chi connectivity index (χ1n) is 4.70. The minimum atomic E-state index is -0.291. The molecule has 1 atom stereocenters. The molecule has 1 unspecified atom stereocenters. The second kappa shape index (κ2) is 4.58. The van der Waals surface area contributed by atoms with Gasteiger partial charge in [-0.15, -0.1) is 0 Å². The molecule has 1 N–H and O–H groups in total. The molecule has 0 bridgehead atoms. The lowest BCUT2D eigenvalue weighted by atomic mass is 10.2. The lowest BCUT2D eigenvalue weighted by Crippen LogP contribution is -2.49. The van der Waals surface area contributed by atoms with Gasteiger partial charge in [-0.25, -0.2) is 0 Å². The molecule has 0 radical (unpaired) electrons. The number of carbonyl (C=O) groups excluding carboxylic acids is 1. The summed E-state index contributed by atoms with van der Waals surface area (Å²) in [6, 6.07) is 0.184. The van der Waals surface area contributed by atoms with E-state index in [1.54, 1.807) is 0 Å². The summed E-state index contributed by atoms with van der Waals surface area (Å²) < 4.78 is 5.36. The highest BCUT2D eigenvalue weighted by molar-refractivity contribution is 5.81. The van der Waals surface area contributed by atoms with Crippen molar-refractivity contribution < 1.29 is 9.53 Å². The molecular weight excluding hydrogens is 168 g/mol. The van der Waals surface area contributed by atoms with E-state index >= 15 is 0 Å². The Labute approximate surface area is 79.2 Å². The van der Waals surface area contributed by atoms with Crippen molar-refractivity contribution in [2.75, 3.05) is 26.7 Å². The molecule has 0 aliphatic carbocycles. The van der Waals surface area contributed by atoms with E-state index in [0.717, 1.165) is 6.54 Å². The summed E-state index contributed by atoms with van der Waals surface area (Å²) in [7, 11) is 2.00. The van der Waals surface area contributed by atoms with Crippen LogP contribution in [0.15, 0.2) is 0 Å². The Bertz CT molecular complexity index is 182. The molecule has 76 valence electrons. The van der Waals surface area contributed by atoms with Crippen LogP contribution in [-0.4, -0.2) is 49.7 Å². The molecule has 13 heavy (non-hydrogen) atoms. The first-order valence-corrected chi connectivity index (χ1v) is 4.70. The number of morpholine rings is 1. The first-order chi connectivity index (χ1) is 6.09. The highest BCUT2D eigenvalue weighted by atomic mass is 16.5. The van der Waals surface area contributed by atoms with Gasteiger partial charge in [0.2, 0.25) is 0 Å². The predicted molar refractivity (Wildman–Crippen MR) is 50.5 cm³/mol. The second-order valence-electron chi connectivity index (χ2n) is 3.78. The third kappa shape index (κ3) is 3.32. The molecule has 1 rings (SSSR count). The van der Waals surface area contributed by atoms with Crippen molar-refractivity contribution in [2.24, 2.45) is 0 Å². The van der Waals surface area contributed by atoms with Crippen LogP contribution in [0.2, 0.25) is 0 Å². The molecule has 0 spiro atoms. The number of amides is 1. The molecule has 1 amide bonds. The Kier molecular flexibility index (Phi) is 3.69. The van der Waals surface area contributed by atoms with E-state index in [-0.39, 0.29) is 18.1 Å². The van der Waals surface area contributed by atoms with Crippen LogP contribution in [0.4, 0.5) is 0 Å². The summed E-state index contributed by atoms with van der Waals surface area (Å²) in [5.41, 5.74) is 0. The number of likely N-dealkylation sites (N-methyl/N-ethyl adjacent to an activating group) is 1. The maximum Gasteiger partial charge on any atom is 0.250 e. The first kappa shape index (κ1) is 10.5. The zero-order chi connectivity index (χ0) is 9.84. The second-order valence-corrected chi connectivity index (χ2v) is 3.78. The molecule has 0 aromatic heterocycles. The molecule has 4 heteroatoms. The number of hydrogen-bond acceptors (Lipinski definition) is 3. The van der Waals surface area contributed by atoms with Gasteiger partial charge in [-0.3, -0.25) is 4.79 Å². The molecule has 1 heterocycles. The molecule has 4 nitrogen and oxygen atoms in total. The van der Waals surface area contributed by atoms with Crippen LogP contribution in [0.3, 0.4) is 0 Å². The van der Waals surface area contributed by atoms with Gasteiger partial charge in [0, 0.05) is 19.1 Å². The van der Waals surface area contributed by atoms with Gasteiger partial charge in [-0.1, -0.05) is 0 Å². The Morgan fingerprint density at radius 3 is 2.85 bits per heavy atom. The van der Waals surface area contributed by atoms with Crippen molar-refractivity contribution in [3.8, 4) is 0 Å². The Hall–Kier alpha value is -0.610. The summed E-state index contributed by atoms with van der Waals surface area (Å²) in [6.07, 6.45) is -0.291. The third-order valence-corrected chi connectivity index (χ3v) is 1.99. The molecule has 1 saturated heterocycles. The van der Waals surface area contributed by atoms with E-state index in [9.17, 15) is 4.79 Å². The van der Waals surface area contributed by atoms with Crippen molar-refractivity contribution >= 4 is 5.91 Å². The van der Waals surface area contributed by atoms with Crippen LogP contribution in [-0.2, 0) is 9.53 Å². The zero-order valence-corrected chi connectivity index (χ0v) is 8.54. The summed E-state index contributed by atoms with van der Waals surface area (Å²) >= 11 is 0. The van der Waals surface area contributed by atoms with Crippen LogP contribution in [0.25, 0.3) is 0 Å². The van der Waals surface area contributed by atoms with E-state index in [1.165, 1.54) is 0 Å². The Morgan fingerprint density at radius 1 is 1.62 bits per heavy atom. The largest absolute Gasteiger partial charge is 0.366 e. The quantitative estimate of drug-likeness (QED) is 0.651. The van der Waals surface area contributed by atoms with E-state index in [4.69, 9.17) is 4.74 Å². The standard InChI is InChI=1S/C9H18N2O2/c1-7(2)10-9(12)8-6-11(3)4-5-13-8/h7-8H,4-6H2,1-3H3,(H,10,12). The number of carbonyl (C=O) groups is 1. The summed E-state index contributed by atoms with van der Waals surface area (Å²) in [5, 5.41) is 2.84. The fraction of sp³-hybridized carbons (Fsp3) is 0.889. The minimum Gasteiger partial charge on any atom is -0.366 e. The molecule has 1 aliphatic heterocycles. The Morgan fingerprint density at radius 2 is 2.31 bits per heavy atom. The normalized spacial score (nSPS) is 24.8. The van der Waals surface area contributed by atoms with Gasteiger partial charge in [-0.2, -0.15) is 0 Å². The van der Waals surface area contributed by atoms with Crippen LogP contribution in [0.1, 0.15) is 13.8 Å². The van der Waals surface area contributed by atoms with Crippen LogP contribution in [0.5, 0.6) is 0 Å². The highest BCUT2D eigenvalue weighted by Gasteiger charge is 2.24. The number of nitrogens with one attached hydrogen (secondary N) is 1. The minimum absolute atomic E-state index is 0.00144. The van der Waals surface area contributed by atoms with Gasteiger partial charge in [0.15, 0.2) is 0 Å². The number of ether oxygens (including phenoxy) is 1. The smallest absolute Gasteiger partial charge is 0.250 e. The maximum absolute atomic E-state index is 11.5. The molecule has 1 fully saturated rings. The van der Waals surface area contributed by atoms with Crippen molar-refractivity contribution in [2.45, 2.75) is 26.0 Å². The van der Waals surface area contributed by atoms with Crippen LogP contribution < -0.4 is 5.32 Å². The predicted octanol–water partition coefficient (Wildman–Crippen LogP) is -0.158. The highest BCUT2D eigenvalue weighted by Crippen LogP contribution is 2.02. The van der Waals surface area contributed by atoms with E-state index < -0.39 is 0 Å². The SMILES string of the molecule is CC(C)NC(=O)C1CN(C)CCO1. The van der Waals surface area contributed by atoms with Gasteiger partial charge in [0.05, 0.1) is 6.61 Å². The maximum atomic E-state index is 11.5. The molecule has 0 aromatic carbocycles. The summed E-state index contributed by atoms with van der Waals surface area (Å²) in [4.78, 5) is 13.6. The molecule has 1 aliphatic rings. The molecule has 0 saturated carbocycles. The van der Waals surface area contributed by atoms with E-state index in [0.29, 0.717) is 13.2 Å². The molecule has 0 aromatic rings. The topological polar surface area (TPSA) is 41.6 Å². The van der Waals surface area contributed by atoms with E-state index in [2.05, 4.69) is 10.2 Å². The van der Waals surface area contributed by atoms with Gasteiger partial charge in [0.1, 0.15) is 6.10 Å². The summed E-state index contributed by atoms with van der Waals surface area (Å²) in [6.45, 7) is 6.14. The average molecular weight is 186 g/mol. The lowest BCUT2D eigenvalue weighted by Gasteiger charge is -2.29. The van der Waals surface area contributed by atoms with Crippen molar-refractivity contribution in [1.29, 1.82) is 0 Å². The van der Waals surface area contributed by atoms with Gasteiger partial charge < -0.3 is 15.0 Å². The summed E-state index contributed by atoms with van der Waals surface area (Å²) in [5.74, 6) is 0.00144. The molecular formula is C9H18N2O2. The van der Waals surface area contributed by atoms with Gasteiger partial charge in [0.25, 0.3) is 5.91 Å². The lowest BCUT2D eigenvalue weighted by molar-refractivity contribution is -0.138. The van der Waals surface area contributed by atoms with Crippen molar-refractivity contribution in [1.82, 2.24) is 10.2 Å². The van der Waals surface area contributed by atoms with Gasteiger partial charge in [-0.05, 0) is 20.9 Å². The van der Waals surface area contributed by atoms with Crippen LogP contribution in [0, 0.1) is 0 Å². The number of nitrogens with zero attached hydrogens (tertiary/aromatic N) is 1. The number of hydrogen-bond donors (Lipinski definition) is 1. The zero-order valence-electron chi connectivity index (χ0n) is 8.54. The monoisotopic (exact) mass is 186 g/mol. The average Bonchev–Trinajstić information content (AvgIpc) is 2.03. The van der Waals surface area contributed by atoms with Crippen molar-refractivity contribution in [3.05, 3.63) is 0 Å². The van der Waals surface area contributed by atoms with Crippen molar-refractivity contribution in [3.63, 3.8) is 0 Å². The third-order valence-electron chi connectivity index (χ3n) is 1.99. The van der Waals surface area contributed by atoms with E-state index in [1.807, 2.05) is 20.9 Å². The van der Waals surface area contributed by atoms with Crippen LogP contribution >= 0.6 is 0 Å².